The number of nitro groups is 1. The fourth-order valence-electron chi connectivity index (χ4n) is 5.83. The Morgan fingerprint density at radius 1 is 1.06 bits per heavy atom. The smallest absolute Gasteiger partial charge is 0.338 e. The van der Waals surface area contributed by atoms with E-state index in [2.05, 4.69) is 6.58 Å². The van der Waals surface area contributed by atoms with Crippen LogP contribution in [0.25, 0.3) is 6.08 Å². The van der Waals surface area contributed by atoms with Gasteiger partial charge in [-0.05, 0) is 100 Å². The normalized spacial score (nSPS) is 14.1. The van der Waals surface area contributed by atoms with E-state index in [1.165, 1.54) is 35.1 Å². The minimum absolute atomic E-state index is 0.00629. The molecule has 4 aromatic rings. The van der Waals surface area contributed by atoms with Gasteiger partial charge in [0.15, 0.2) is 27.8 Å². The van der Waals surface area contributed by atoms with Crippen LogP contribution in [-0.4, -0.2) is 41.9 Å². The van der Waals surface area contributed by atoms with Crippen LogP contribution in [-0.2, 0) is 22.6 Å². The van der Waals surface area contributed by atoms with E-state index in [0.717, 1.165) is 11.1 Å². The highest BCUT2D eigenvalue weighted by Gasteiger charge is 2.34. The molecule has 1 aliphatic rings. The van der Waals surface area contributed by atoms with Crippen LogP contribution in [0, 0.1) is 10.1 Å². The second-order valence-electron chi connectivity index (χ2n) is 12.0. The molecular weight excluding hydrogens is 687 g/mol. The summed E-state index contributed by atoms with van der Waals surface area (Å²) in [5, 5.41) is 11.1. The summed E-state index contributed by atoms with van der Waals surface area (Å²) in [6.45, 7) is 13.7. The van der Waals surface area contributed by atoms with Crippen LogP contribution >= 0.6 is 11.3 Å². The largest absolute Gasteiger partial charge is 0.493 e. The lowest BCUT2D eigenvalue weighted by atomic mass is 9.95. The molecule has 12 nitrogen and oxygen atoms in total. The summed E-state index contributed by atoms with van der Waals surface area (Å²) in [7, 11) is 1.54. The number of benzene rings is 3. The molecule has 13 heteroatoms. The summed E-state index contributed by atoms with van der Waals surface area (Å²) >= 11 is 1.21. The number of nitrogens with zero attached hydrogens (tertiary/aromatic N) is 3. The van der Waals surface area contributed by atoms with E-state index >= 15 is 0 Å². The molecule has 0 bridgehead atoms. The van der Waals surface area contributed by atoms with Gasteiger partial charge in [0, 0.05) is 17.7 Å². The third-order valence-electron chi connectivity index (χ3n) is 8.03. The summed E-state index contributed by atoms with van der Waals surface area (Å²) in [6, 6.07) is 14.4. The van der Waals surface area contributed by atoms with E-state index in [-0.39, 0.29) is 36.1 Å². The van der Waals surface area contributed by atoms with Gasteiger partial charge in [0.25, 0.3) is 11.2 Å². The third kappa shape index (κ3) is 8.10. The van der Waals surface area contributed by atoms with Crippen LogP contribution in [0.1, 0.15) is 62.9 Å². The highest BCUT2D eigenvalue weighted by atomic mass is 32.1. The van der Waals surface area contributed by atoms with Crippen molar-refractivity contribution in [2.45, 2.75) is 59.8 Å². The number of allylic oxidation sites excluding steroid dienone is 2. The molecule has 3 aromatic carbocycles. The standard InChI is InChI=1S/C39H41N3O9S/c1-8-11-28-18-26(19-32(48-9-2)36(28)50-22-25-12-15-29(16-13-25)42(45)46)20-33-37(43)41-35(27-14-17-30(51-23(4)5)31(21-27)47-7)34(38(44)49-10-3)24(6)40-39(41)52-33/h8,12-21,23,35H,1,9-11,22H2,2-7H3/b33-20-/t35-/m1/s1. The van der Waals surface area contributed by atoms with Gasteiger partial charge in [0.1, 0.15) is 6.61 Å². The fraction of sp³-hybridized carbons (Fsp3) is 0.308. The zero-order chi connectivity index (χ0) is 37.5. The molecule has 272 valence electrons. The van der Waals surface area contributed by atoms with Gasteiger partial charge in [0.05, 0.1) is 53.2 Å². The molecule has 0 radical (unpaired) electrons. The molecule has 0 fully saturated rings. The van der Waals surface area contributed by atoms with E-state index in [1.54, 1.807) is 56.3 Å². The van der Waals surface area contributed by atoms with E-state index < -0.39 is 16.9 Å². The highest BCUT2D eigenvalue weighted by molar-refractivity contribution is 7.07. The minimum Gasteiger partial charge on any atom is -0.493 e. The number of esters is 1. The molecule has 1 aromatic heterocycles. The molecule has 52 heavy (non-hydrogen) atoms. The molecule has 0 amide bonds. The van der Waals surface area contributed by atoms with Crippen molar-refractivity contribution in [3.63, 3.8) is 0 Å². The number of fused-ring (bicyclic) bond motifs is 1. The van der Waals surface area contributed by atoms with Gasteiger partial charge >= 0.3 is 5.97 Å². The zero-order valence-electron chi connectivity index (χ0n) is 30.0. The Morgan fingerprint density at radius 3 is 2.44 bits per heavy atom. The Balaban J connectivity index is 1.61. The lowest BCUT2D eigenvalue weighted by Gasteiger charge is -2.25. The molecule has 2 heterocycles. The van der Waals surface area contributed by atoms with Crippen molar-refractivity contribution in [3.05, 3.63) is 131 Å². The molecule has 1 atom stereocenters. The minimum atomic E-state index is -0.843. The van der Waals surface area contributed by atoms with Crippen molar-refractivity contribution < 1.29 is 33.4 Å². The van der Waals surface area contributed by atoms with E-state index in [4.69, 9.17) is 28.7 Å². The Hall–Kier alpha value is -5.69. The predicted molar refractivity (Wildman–Crippen MR) is 198 cm³/mol. The van der Waals surface area contributed by atoms with Gasteiger partial charge in [-0.25, -0.2) is 9.79 Å². The summed E-state index contributed by atoms with van der Waals surface area (Å²) in [4.78, 5) is 43.5. The van der Waals surface area contributed by atoms with Gasteiger partial charge < -0.3 is 23.7 Å². The van der Waals surface area contributed by atoms with Gasteiger partial charge in [-0.3, -0.25) is 19.5 Å². The van der Waals surface area contributed by atoms with Crippen LogP contribution in [0.5, 0.6) is 23.0 Å². The lowest BCUT2D eigenvalue weighted by molar-refractivity contribution is -0.384. The second-order valence-corrected chi connectivity index (χ2v) is 13.0. The first kappa shape index (κ1) is 37.6. The maximum absolute atomic E-state index is 14.4. The molecule has 0 spiro atoms. The third-order valence-corrected chi connectivity index (χ3v) is 9.01. The number of aromatic nitrogens is 1. The first-order valence-electron chi connectivity index (χ1n) is 16.8. The maximum atomic E-state index is 14.4. The molecular formula is C39H41N3O9S. The van der Waals surface area contributed by atoms with Crippen LogP contribution < -0.4 is 33.8 Å². The summed E-state index contributed by atoms with van der Waals surface area (Å²) in [5.41, 5.74) is 3.17. The number of methoxy groups -OCH3 is 1. The number of carbonyl (C=O) groups excluding carboxylic acids is 1. The molecule has 0 N–H and O–H groups in total. The molecule has 0 saturated heterocycles. The van der Waals surface area contributed by atoms with E-state index in [9.17, 15) is 19.7 Å². The monoisotopic (exact) mass is 727 g/mol. The first-order chi connectivity index (χ1) is 25.0. The molecule has 0 unspecified atom stereocenters. The topological polar surface area (TPSA) is 141 Å². The average molecular weight is 728 g/mol. The summed E-state index contributed by atoms with van der Waals surface area (Å²) in [5.74, 6) is 1.40. The van der Waals surface area contributed by atoms with Gasteiger partial charge in [-0.15, -0.1) is 6.58 Å². The van der Waals surface area contributed by atoms with Gasteiger partial charge in [0.2, 0.25) is 0 Å². The van der Waals surface area contributed by atoms with E-state index in [1.807, 2.05) is 32.9 Å². The number of non-ortho nitro benzene ring substituents is 1. The first-order valence-corrected chi connectivity index (χ1v) is 17.6. The van der Waals surface area contributed by atoms with Crippen molar-refractivity contribution in [1.29, 1.82) is 0 Å². The maximum Gasteiger partial charge on any atom is 0.338 e. The second kappa shape index (κ2) is 16.6. The van der Waals surface area contributed by atoms with E-state index in [0.29, 0.717) is 62.2 Å². The van der Waals surface area contributed by atoms with Crippen LogP contribution in [0.15, 0.2) is 88.3 Å². The number of nitro benzene ring substituents is 1. The quantitative estimate of drug-likeness (QED) is 0.0605. The van der Waals surface area contributed by atoms with Gasteiger partial charge in [-0.2, -0.15) is 0 Å². The number of thiazole rings is 1. The lowest BCUT2D eigenvalue weighted by Crippen LogP contribution is -2.40. The average Bonchev–Trinajstić information content (AvgIpc) is 3.41. The van der Waals surface area contributed by atoms with Gasteiger partial charge in [-0.1, -0.05) is 23.5 Å². The number of ether oxygens (including phenoxy) is 5. The Kier molecular flexibility index (Phi) is 12.0. The molecule has 0 saturated carbocycles. The van der Waals surface area contributed by atoms with Crippen LogP contribution in [0.3, 0.4) is 0 Å². The fourth-order valence-corrected chi connectivity index (χ4v) is 6.88. The molecule has 0 aliphatic carbocycles. The van der Waals surface area contributed by atoms with Crippen molar-refractivity contribution in [1.82, 2.24) is 4.57 Å². The zero-order valence-corrected chi connectivity index (χ0v) is 30.8. The van der Waals surface area contributed by atoms with Crippen molar-refractivity contribution in [2.75, 3.05) is 20.3 Å². The molecule has 1 aliphatic heterocycles. The number of carbonyl (C=O) groups is 1. The van der Waals surface area contributed by atoms with Crippen molar-refractivity contribution >= 4 is 29.1 Å². The SMILES string of the molecule is C=CCc1cc(/C=c2\sc3n(c2=O)[C@H](c2ccc(OC(C)C)c(OC)c2)C(C(=O)OCC)=C(C)N=3)cc(OCC)c1OCc1ccc([N+](=O)[O-])cc1. The Labute approximate surface area is 305 Å². The van der Waals surface area contributed by atoms with Crippen molar-refractivity contribution in [3.8, 4) is 23.0 Å². The number of rotatable bonds is 15. The molecule has 5 rings (SSSR count). The van der Waals surface area contributed by atoms with Crippen LogP contribution in [0.2, 0.25) is 0 Å². The predicted octanol–water partition coefficient (Wildman–Crippen LogP) is 6.21. The Morgan fingerprint density at radius 2 is 1.81 bits per heavy atom. The highest BCUT2D eigenvalue weighted by Crippen LogP contribution is 2.37. The van der Waals surface area contributed by atoms with Crippen LogP contribution in [0.4, 0.5) is 5.69 Å². The summed E-state index contributed by atoms with van der Waals surface area (Å²) in [6.07, 6.45) is 3.85. The number of hydrogen-bond donors (Lipinski definition) is 0. The summed E-state index contributed by atoms with van der Waals surface area (Å²) < 4.78 is 31.2. The van der Waals surface area contributed by atoms with Crippen molar-refractivity contribution in [2.24, 2.45) is 4.99 Å². The Bertz CT molecular complexity index is 2200. The number of hydrogen-bond acceptors (Lipinski definition) is 11.